The summed E-state index contributed by atoms with van der Waals surface area (Å²) >= 11 is 4.15. The number of nitrogens with one attached hydrogen (secondary N) is 1. The quantitative estimate of drug-likeness (QED) is 0.339. The van der Waals surface area contributed by atoms with E-state index in [9.17, 15) is 15.0 Å². The van der Waals surface area contributed by atoms with Crippen molar-refractivity contribution in [1.82, 2.24) is 5.32 Å². The van der Waals surface area contributed by atoms with Gasteiger partial charge in [0.15, 0.2) is 6.17 Å². The van der Waals surface area contributed by atoms with Crippen molar-refractivity contribution in [2.24, 2.45) is 11.5 Å². The zero-order valence-electron chi connectivity index (χ0n) is 14.0. The molecule has 7 nitrogen and oxygen atoms in total. The first kappa shape index (κ1) is 18.9. The Morgan fingerprint density at radius 3 is 2.32 bits per heavy atom. The summed E-state index contributed by atoms with van der Waals surface area (Å²) in [5.41, 5.74) is 13.8. The van der Waals surface area contributed by atoms with Crippen LogP contribution in [0.1, 0.15) is 17.3 Å². The Morgan fingerprint density at radius 2 is 1.80 bits per heavy atom. The number of aromatic hydroxyl groups is 2. The summed E-state index contributed by atoms with van der Waals surface area (Å²) in [4.78, 5) is 13.7. The first-order valence-electron chi connectivity index (χ1n) is 7.58. The molecule has 2 rings (SSSR count). The first-order valence-corrected chi connectivity index (χ1v) is 8.03. The number of carbonyl (C=O) groups is 1. The van der Waals surface area contributed by atoms with E-state index >= 15 is 0 Å². The van der Waals surface area contributed by atoms with Crippen molar-refractivity contribution in [3.63, 3.8) is 0 Å². The number of hydrogen-bond acceptors (Lipinski definition) is 7. The number of hydrogen-bond donors (Lipinski definition) is 6. The van der Waals surface area contributed by atoms with E-state index in [1.807, 2.05) is 31.2 Å². The molecule has 0 fully saturated rings. The highest BCUT2D eigenvalue weighted by molar-refractivity contribution is 7.80. The molecule has 0 aromatic heterocycles. The van der Waals surface area contributed by atoms with Gasteiger partial charge >= 0.3 is 0 Å². The molecule has 25 heavy (non-hydrogen) atoms. The summed E-state index contributed by atoms with van der Waals surface area (Å²) in [7, 11) is 1.59. The standard InChI is InChI=1S/C17H22N4O3S/c1-9-3-5-10(6-4-9)21(17(20-2)16(19)24)15(18)11-7-14(25)13(23)8-12(11)22/h3-8,15,17,20,22-23,25H,18H2,1-2H3,(H2,19,24). The second-order valence-electron chi connectivity index (χ2n) is 5.68. The van der Waals surface area contributed by atoms with Crippen molar-refractivity contribution in [1.29, 1.82) is 0 Å². The molecular formula is C17H22N4O3S. The van der Waals surface area contributed by atoms with Gasteiger partial charge in [-0.25, -0.2) is 0 Å². The smallest absolute Gasteiger partial charge is 0.255 e. The van der Waals surface area contributed by atoms with Crippen LogP contribution in [0.3, 0.4) is 0 Å². The van der Waals surface area contributed by atoms with Gasteiger partial charge in [0.05, 0.1) is 0 Å². The molecule has 0 radical (unpaired) electrons. The van der Waals surface area contributed by atoms with Gasteiger partial charge in [-0.3, -0.25) is 10.1 Å². The Hall–Kier alpha value is -2.42. The maximum Gasteiger partial charge on any atom is 0.255 e. The molecule has 2 aromatic rings. The summed E-state index contributed by atoms with van der Waals surface area (Å²) in [5.74, 6) is -0.999. The number of thiol groups is 1. The van der Waals surface area contributed by atoms with Gasteiger partial charge < -0.3 is 26.6 Å². The first-order chi connectivity index (χ1) is 11.8. The van der Waals surface area contributed by atoms with Gasteiger partial charge in [-0.2, -0.15) is 0 Å². The molecule has 0 saturated heterocycles. The zero-order chi connectivity index (χ0) is 18.7. The summed E-state index contributed by atoms with van der Waals surface area (Å²) in [6.45, 7) is 1.94. The largest absolute Gasteiger partial charge is 0.507 e. The number of anilines is 1. The van der Waals surface area contributed by atoms with Crippen molar-refractivity contribution in [2.75, 3.05) is 11.9 Å². The number of rotatable bonds is 6. The van der Waals surface area contributed by atoms with E-state index in [2.05, 4.69) is 17.9 Å². The topological polar surface area (TPSA) is 125 Å². The van der Waals surface area contributed by atoms with E-state index in [1.54, 1.807) is 11.9 Å². The van der Waals surface area contributed by atoms with Crippen molar-refractivity contribution in [2.45, 2.75) is 24.2 Å². The van der Waals surface area contributed by atoms with E-state index in [1.165, 1.54) is 6.07 Å². The lowest BCUT2D eigenvalue weighted by Crippen LogP contribution is -2.55. The lowest BCUT2D eigenvalue weighted by molar-refractivity contribution is -0.120. The zero-order valence-corrected chi connectivity index (χ0v) is 14.9. The van der Waals surface area contributed by atoms with Crippen LogP contribution in [0, 0.1) is 6.92 Å². The molecule has 7 N–H and O–H groups in total. The number of carbonyl (C=O) groups excluding carboxylic acids is 1. The Labute approximate surface area is 151 Å². The van der Waals surface area contributed by atoms with Crippen LogP contribution in [-0.4, -0.2) is 29.3 Å². The van der Waals surface area contributed by atoms with Gasteiger partial charge in [0, 0.05) is 22.2 Å². The molecule has 2 atom stereocenters. The molecule has 134 valence electrons. The van der Waals surface area contributed by atoms with Gasteiger partial charge in [0.1, 0.15) is 17.7 Å². The lowest BCUT2D eigenvalue weighted by atomic mass is 10.1. The average Bonchev–Trinajstić information content (AvgIpc) is 2.56. The van der Waals surface area contributed by atoms with Crippen LogP contribution in [-0.2, 0) is 4.79 Å². The third-order valence-electron chi connectivity index (χ3n) is 3.90. The Kier molecular flexibility index (Phi) is 5.78. The number of aryl methyl sites for hydroxylation is 1. The number of nitrogens with two attached hydrogens (primary N) is 2. The van der Waals surface area contributed by atoms with Crippen molar-refractivity contribution in [3.8, 4) is 11.5 Å². The van der Waals surface area contributed by atoms with Crippen LogP contribution in [0.15, 0.2) is 41.3 Å². The average molecular weight is 362 g/mol. The fourth-order valence-corrected chi connectivity index (χ4v) is 2.78. The number of primary amides is 1. The summed E-state index contributed by atoms with van der Waals surface area (Å²) < 4.78 is 0. The molecule has 1 amide bonds. The van der Waals surface area contributed by atoms with Crippen LogP contribution < -0.4 is 21.7 Å². The lowest BCUT2D eigenvalue weighted by Gasteiger charge is -2.36. The van der Waals surface area contributed by atoms with Gasteiger partial charge in [-0.1, -0.05) is 17.7 Å². The fourth-order valence-electron chi connectivity index (χ4n) is 2.57. The second kappa shape index (κ2) is 7.64. The van der Waals surface area contributed by atoms with Crippen LogP contribution >= 0.6 is 12.6 Å². The molecular weight excluding hydrogens is 340 g/mol. The van der Waals surface area contributed by atoms with E-state index in [0.29, 0.717) is 11.3 Å². The predicted molar refractivity (Wildman–Crippen MR) is 99.7 cm³/mol. The molecule has 0 aliphatic heterocycles. The minimum atomic E-state index is -0.917. The van der Waals surface area contributed by atoms with E-state index in [4.69, 9.17) is 11.5 Å². The third kappa shape index (κ3) is 3.98. The van der Waals surface area contributed by atoms with Crippen LogP contribution in [0.2, 0.25) is 0 Å². The molecule has 0 saturated carbocycles. The molecule has 0 heterocycles. The molecule has 2 aromatic carbocycles. The van der Waals surface area contributed by atoms with Gasteiger partial charge in [-0.15, -0.1) is 12.6 Å². The molecule has 2 unspecified atom stereocenters. The Morgan fingerprint density at radius 1 is 1.20 bits per heavy atom. The van der Waals surface area contributed by atoms with Gasteiger partial charge in [0.25, 0.3) is 5.91 Å². The molecule has 8 heteroatoms. The number of amides is 1. The van der Waals surface area contributed by atoms with E-state index < -0.39 is 18.2 Å². The maximum absolute atomic E-state index is 11.9. The number of nitrogens with zero attached hydrogens (tertiary/aromatic N) is 1. The fraction of sp³-hybridized carbons (Fsp3) is 0.235. The molecule has 0 spiro atoms. The summed E-state index contributed by atoms with van der Waals surface area (Å²) in [5, 5.41) is 22.7. The molecule has 0 aliphatic carbocycles. The number of phenols is 2. The van der Waals surface area contributed by atoms with Crippen molar-refractivity contribution in [3.05, 3.63) is 47.5 Å². The SMILES string of the molecule is CNC(C(N)=O)N(c1ccc(C)cc1)C(N)c1cc(S)c(O)cc1O. The van der Waals surface area contributed by atoms with E-state index in [-0.39, 0.29) is 16.4 Å². The van der Waals surface area contributed by atoms with Crippen LogP contribution in [0.25, 0.3) is 0 Å². The monoisotopic (exact) mass is 362 g/mol. The van der Waals surface area contributed by atoms with Crippen LogP contribution in [0.4, 0.5) is 5.69 Å². The number of benzene rings is 2. The summed E-state index contributed by atoms with van der Waals surface area (Å²) in [6.07, 6.45) is -1.83. The predicted octanol–water partition coefficient (Wildman–Crippen LogP) is 1.19. The van der Waals surface area contributed by atoms with Gasteiger partial charge in [-0.05, 0) is 32.2 Å². The molecule has 0 bridgehead atoms. The van der Waals surface area contributed by atoms with Crippen molar-refractivity contribution >= 4 is 24.2 Å². The van der Waals surface area contributed by atoms with E-state index in [0.717, 1.165) is 11.6 Å². The second-order valence-corrected chi connectivity index (χ2v) is 6.16. The highest BCUT2D eigenvalue weighted by atomic mass is 32.1. The van der Waals surface area contributed by atoms with Crippen molar-refractivity contribution < 1.29 is 15.0 Å². The highest BCUT2D eigenvalue weighted by Gasteiger charge is 2.30. The van der Waals surface area contributed by atoms with Gasteiger partial charge in [0.2, 0.25) is 0 Å². The number of phenolic OH excluding ortho intramolecular Hbond substituents is 2. The molecule has 0 aliphatic rings. The van der Waals surface area contributed by atoms with Crippen LogP contribution in [0.5, 0.6) is 11.5 Å². The maximum atomic E-state index is 11.9. The number of likely N-dealkylation sites (N-methyl/N-ethyl adjacent to an activating group) is 1. The minimum absolute atomic E-state index is 0.168. The third-order valence-corrected chi connectivity index (χ3v) is 4.25. The summed E-state index contributed by atoms with van der Waals surface area (Å²) in [6, 6.07) is 9.98. The highest BCUT2D eigenvalue weighted by Crippen LogP contribution is 2.35. The Bertz CT molecular complexity index is 767. The normalized spacial score (nSPS) is 13.3. The Balaban J connectivity index is 2.56. The minimum Gasteiger partial charge on any atom is -0.507 e.